The molecule has 1 aromatic carbocycles. The van der Waals surface area contributed by atoms with Gasteiger partial charge in [-0.25, -0.2) is 4.98 Å². The lowest BCUT2D eigenvalue weighted by atomic mass is 10.1. The highest BCUT2D eigenvalue weighted by Gasteiger charge is 2.27. The fourth-order valence-corrected chi connectivity index (χ4v) is 3.61. The smallest absolute Gasteiger partial charge is 0.279 e. The maximum Gasteiger partial charge on any atom is 0.279 e. The third kappa shape index (κ3) is 4.37. The first kappa shape index (κ1) is 17.4. The van der Waals surface area contributed by atoms with Crippen molar-refractivity contribution in [3.8, 4) is 0 Å². The molecule has 0 bridgehead atoms. The Morgan fingerprint density at radius 2 is 1.84 bits per heavy atom. The number of hydrogen-bond acceptors (Lipinski definition) is 2. The van der Waals surface area contributed by atoms with E-state index in [9.17, 15) is 4.79 Å². The summed E-state index contributed by atoms with van der Waals surface area (Å²) in [6.45, 7) is 10.6. The number of aromatic nitrogens is 1. The van der Waals surface area contributed by atoms with Gasteiger partial charge in [0.2, 0.25) is 0 Å². The van der Waals surface area contributed by atoms with E-state index in [-0.39, 0.29) is 5.91 Å². The quantitative estimate of drug-likeness (QED) is 0.864. The van der Waals surface area contributed by atoms with Crippen LogP contribution >= 0.6 is 0 Å². The summed E-state index contributed by atoms with van der Waals surface area (Å²) in [6, 6.07) is 10.4. The Labute approximate surface area is 149 Å². The van der Waals surface area contributed by atoms with Gasteiger partial charge in [-0.3, -0.25) is 9.69 Å². The van der Waals surface area contributed by atoms with E-state index in [2.05, 4.69) is 54.2 Å². The molecule has 0 spiro atoms. The molecule has 0 aliphatic carbocycles. The van der Waals surface area contributed by atoms with Crippen molar-refractivity contribution in [3.05, 3.63) is 53.2 Å². The molecule has 2 aromatic rings. The molecule has 1 aromatic heterocycles. The maximum absolute atomic E-state index is 12.5. The summed E-state index contributed by atoms with van der Waals surface area (Å²) in [4.78, 5) is 19.4. The van der Waals surface area contributed by atoms with Gasteiger partial charge < -0.3 is 10.2 Å². The number of nitrogens with one attached hydrogen (secondary N) is 3. The van der Waals surface area contributed by atoms with Crippen molar-refractivity contribution < 1.29 is 14.7 Å². The lowest BCUT2D eigenvalue weighted by Crippen LogP contribution is -3.15. The van der Waals surface area contributed by atoms with E-state index in [1.54, 1.807) is 0 Å². The normalized spacial score (nSPS) is 15.2. The van der Waals surface area contributed by atoms with Crippen LogP contribution in [0.4, 0.5) is 11.5 Å². The minimum absolute atomic E-state index is 0.102. The number of hydrogen-bond donors (Lipinski definition) is 2. The molecule has 0 saturated carbocycles. The number of H-pyrrole nitrogens is 1. The number of pyridine rings is 1. The first-order valence-corrected chi connectivity index (χ1v) is 8.96. The zero-order valence-corrected chi connectivity index (χ0v) is 15.4. The Bertz CT molecular complexity index is 714. The van der Waals surface area contributed by atoms with Crippen LogP contribution < -0.4 is 20.1 Å². The highest BCUT2D eigenvalue weighted by Crippen LogP contribution is 2.21. The molecule has 0 atom stereocenters. The topological polar surface area (TPSA) is 50.9 Å². The second-order valence-electron chi connectivity index (χ2n) is 6.98. The monoisotopic (exact) mass is 340 g/mol. The summed E-state index contributed by atoms with van der Waals surface area (Å²) in [5, 5.41) is 3.12. The molecule has 1 fully saturated rings. The Morgan fingerprint density at radius 3 is 2.44 bits per heavy atom. The van der Waals surface area contributed by atoms with Gasteiger partial charge in [0.1, 0.15) is 26.2 Å². The molecule has 1 saturated heterocycles. The van der Waals surface area contributed by atoms with Crippen LogP contribution in [0.15, 0.2) is 36.5 Å². The molecular formula is C20H28N4O+2. The van der Waals surface area contributed by atoms with Gasteiger partial charge in [-0.05, 0) is 38.0 Å². The van der Waals surface area contributed by atoms with E-state index in [1.165, 1.54) is 10.5 Å². The number of anilines is 2. The summed E-state index contributed by atoms with van der Waals surface area (Å²) in [5.74, 6) is 1.25. The molecule has 2 heterocycles. The van der Waals surface area contributed by atoms with E-state index >= 15 is 0 Å². The van der Waals surface area contributed by atoms with Gasteiger partial charge in [-0.1, -0.05) is 23.8 Å². The number of quaternary nitrogens is 1. The van der Waals surface area contributed by atoms with Crippen molar-refractivity contribution in [1.82, 2.24) is 0 Å². The largest absolute Gasteiger partial charge is 0.321 e. The Morgan fingerprint density at radius 1 is 1.16 bits per heavy atom. The molecule has 0 unspecified atom stereocenters. The predicted molar refractivity (Wildman–Crippen MR) is 100 cm³/mol. The van der Waals surface area contributed by atoms with Gasteiger partial charge in [0.15, 0.2) is 6.54 Å². The highest BCUT2D eigenvalue weighted by molar-refractivity contribution is 5.93. The van der Waals surface area contributed by atoms with Crippen molar-refractivity contribution >= 4 is 17.4 Å². The van der Waals surface area contributed by atoms with Crippen LogP contribution in [0.25, 0.3) is 0 Å². The van der Waals surface area contributed by atoms with Gasteiger partial charge in [0, 0.05) is 11.8 Å². The van der Waals surface area contributed by atoms with Gasteiger partial charge in [0.05, 0.1) is 6.20 Å². The summed E-state index contributed by atoms with van der Waals surface area (Å²) >= 11 is 0. The Kier molecular flexibility index (Phi) is 5.34. The lowest BCUT2D eigenvalue weighted by Gasteiger charge is -2.28. The molecule has 3 N–H and O–H groups in total. The number of nitrogens with zero attached hydrogens (tertiary/aromatic N) is 1. The van der Waals surface area contributed by atoms with E-state index in [0.717, 1.165) is 48.8 Å². The molecule has 132 valence electrons. The van der Waals surface area contributed by atoms with Crippen LogP contribution in [0.1, 0.15) is 16.7 Å². The van der Waals surface area contributed by atoms with Gasteiger partial charge in [-0.2, -0.15) is 0 Å². The van der Waals surface area contributed by atoms with Crippen molar-refractivity contribution in [1.29, 1.82) is 0 Å². The van der Waals surface area contributed by atoms with Crippen LogP contribution in [0.2, 0.25) is 0 Å². The molecular weight excluding hydrogens is 312 g/mol. The third-order valence-electron chi connectivity index (χ3n) is 4.86. The molecule has 25 heavy (non-hydrogen) atoms. The van der Waals surface area contributed by atoms with E-state index < -0.39 is 0 Å². The SMILES string of the molecule is Cc1cc(C)c(NC(=O)C[NH+]2CCN(c3cccc[nH+]3)CC2)c(C)c1. The number of aryl methyl sites for hydroxylation is 3. The van der Waals surface area contributed by atoms with Crippen LogP contribution in [-0.2, 0) is 4.79 Å². The van der Waals surface area contributed by atoms with E-state index in [4.69, 9.17) is 0 Å². The molecule has 1 aliphatic rings. The van der Waals surface area contributed by atoms with Crippen molar-refractivity contribution in [3.63, 3.8) is 0 Å². The molecule has 1 aliphatic heterocycles. The predicted octanol–water partition coefficient (Wildman–Crippen LogP) is 0.770. The lowest BCUT2D eigenvalue weighted by molar-refractivity contribution is -0.892. The number of carbonyl (C=O) groups is 1. The van der Waals surface area contributed by atoms with Gasteiger partial charge >= 0.3 is 0 Å². The number of aromatic amines is 1. The molecule has 0 radical (unpaired) electrons. The van der Waals surface area contributed by atoms with Crippen LogP contribution in [-0.4, -0.2) is 38.6 Å². The van der Waals surface area contributed by atoms with Gasteiger partial charge in [-0.15, -0.1) is 0 Å². The standard InChI is InChI=1S/C20H26N4O/c1-15-12-16(2)20(17(3)13-15)22-19(25)14-23-8-10-24(11-9-23)18-6-4-5-7-21-18/h4-7,12-13H,8-11,14H2,1-3H3,(H,22,25)/p+2. The summed E-state index contributed by atoms with van der Waals surface area (Å²) in [7, 11) is 0. The zero-order chi connectivity index (χ0) is 17.8. The second kappa shape index (κ2) is 7.66. The first-order valence-electron chi connectivity index (χ1n) is 8.96. The minimum atomic E-state index is 0.102. The zero-order valence-electron chi connectivity index (χ0n) is 15.4. The molecule has 3 rings (SSSR count). The van der Waals surface area contributed by atoms with Crippen molar-refractivity contribution in [2.24, 2.45) is 0 Å². The summed E-state index contributed by atoms with van der Waals surface area (Å²) in [6.07, 6.45) is 1.95. The number of carbonyl (C=O) groups excluding carboxylic acids is 1. The van der Waals surface area contributed by atoms with Crippen LogP contribution in [0.5, 0.6) is 0 Å². The molecule has 5 nitrogen and oxygen atoms in total. The number of rotatable bonds is 4. The van der Waals surface area contributed by atoms with E-state index in [0.29, 0.717) is 6.54 Å². The average Bonchev–Trinajstić information content (AvgIpc) is 2.59. The van der Waals surface area contributed by atoms with Gasteiger partial charge in [0.25, 0.3) is 11.7 Å². The summed E-state index contributed by atoms with van der Waals surface area (Å²) < 4.78 is 0. The van der Waals surface area contributed by atoms with Crippen molar-refractivity contribution in [2.45, 2.75) is 20.8 Å². The summed E-state index contributed by atoms with van der Waals surface area (Å²) in [5.41, 5.74) is 4.45. The number of amides is 1. The fourth-order valence-electron chi connectivity index (χ4n) is 3.61. The van der Waals surface area contributed by atoms with Crippen LogP contribution in [0.3, 0.4) is 0 Å². The average molecular weight is 340 g/mol. The Balaban J connectivity index is 1.53. The van der Waals surface area contributed by atoms with Crippen LogP contribution in [0, 0.1) is 20.8 Å². The third-order valence-corrected chi connectivity index (χ3v) is 4.86. The van der Waals surface area contributed by atoms with Crippen molar-refractivity contribution in [2.75, 3.05) is 42.9 Å². The first-order chi connectivity index (χ1) is 12.0. The maximum atomic E-state index is 12.5. The molecule has 1 amide bonds. The molecule has 5 heteroatoms. The fraction of sp³-hybridized carbons (Fsp3) is 0.400. The second-order valence-corrected chi connectivity index (χ2v) is 6.98. The number of benzene rings is 1. The number of piperazine rings is 1. The highest BCUT2D eigenvalue weighted by atomic mass is 16.2. The van der Waals surface area contributed by atoms with E-state index in [1.807, 2.05) is 18.3 Å². The Hall–Kier alpha value is -2.40. The minimum Gasteiger partial charge on any atom is -0.321 e.